The van der Waals surface area contributed by atoms with Crippen molar-refractivity contribution in [3.05, 3.63) is 47.5 Å². The number of hydrogen-bond donors (Lipinski definition) is 2. The van der Waals surface area contributed by atoms with E-state index in [-0.39, 0.29) is 0 Å². The van der Waals surface area contributed by atoms with Gasteiger partial charge in [0.05, 0.1) is 16.4 Å². The van der Waals surface area contributed by atoms with E-state index in [4.69, 9.17) is 27.8 Å². The molecular weight excluding hydrogens is 224 g/mol. The zero-order valence-electron chi connectivity index (χ0n) is 8.48. The molecule has 2 rings (SSSR count). The maximum Gasteiger partial charge on any atom is 0.170 e. The Morgan fingerprint density at radius 2 is 1.62 bits per heavy atom. The topological polar surface area (TPSA) is 61.3 Å². The third-order valence-electron chi connectivity index (χ3n) is 2.14. The molecule has 0 unspecified atom stereocenters. The summed E-state index contributed by atoms with van der Waals surface area (Å²) < 4.78 is 5.58. The van der Waals surface area contributed by atoms with Crippen LogP contribution in [0, 0.1) is 0 Å². The quantitative estimate of drug-likeness (QED) is 0.784. The molecule has 0 amide bonds. The van der Waals surface area contributed by atoms with E-state index in [0.29, 0.717) is 27.9 Å². The molecule has 0 spiro atoms. The van der Waals surface area contributed by atoms with Crippen molar-refractivity contribution in [1.82, 2.24) is 0 Å². The molecule has 0 radical (unpaired) electrons. The fourth-order valence-corrected chi connectivity index (χ4v) is 1.50. The Labute approximate surface area is 98.6 Å². The van der Waals surface area contributed by atoms with Gasteiger partial charge in [0.25, 0.3) is 0 Å². The molecule has 0 aliphatic heterocycles. The minimum Gasteiger partial charge on any atom is -0.454 e. The number of rotatable bonds is 2. The minimum atomic E-state index is 0.358. The van der Waals surface area contributed by atoms with Gasteiger partial charge in [-0.3, -0.25) is 0 Å². The number of anilines is 2. The van der Waals surface area contributed by atoms with Gasteiger partial charge in [-0.1, -0.05) is 29.8 Å². The maximum atomic E-state index is 5.99. The highest BCUT2D eigenvalue weighted by molar-refractivity contribution is 6.32. The second kappa shape index (κ2) is 4.33. The van der Waals surface area contributed by atoms with E-state index in [1.165, 1.54) is 0 Å². The van der Waals surface area contributed by atoms with E-state index in [2.05, 4.69) is 0 Å². The number of nitrogen functional groups attached to an aromatic ring is 2. The molecule has 82 valence electrons. The molecule has 0 heterocycles. The highest BCUT2D eigenvalue weighted by Crippen LogP contribution is 2.37. The normalized spacial score (nSPS) is 10.1. The lowest BCUT2D eigenvalue weighted by Gasteiger charge is -2.11. The molecule has 4 heteroatoms. The highest BCUT2D eigenvalue weighted by atomic mass is 35.5. The summed E-state index contributed by atoms with van der Waals surface area (Å²) in [6, 6.07) is 12.6. The van der Waals surface area contributed by atoms with Crippen LogP contribution in [-0.2, 0) is 0 Å². The maximum absolute atomic E-state index is 5.99. The molecule has 0 aliphatic carbocycles. The van der Waals surface area contributed by atoms with Crippen LogP contribution in [0.4, 0.5) is 11.4 Å². The Balaban J connectivity index is 2.38. The van der Waals surface area contributed by atoms with Gasteiger partial charge in [0.1, 0.15) is 5.75 Å². The fourth-order valence-electron chi connectivity index (χ4n) is 1.30. The summed E-state index contributed by atoms with van der Waals surface area (Å²) in [4.78, 5) is 0. The van der Waals surface area contributed by atoms with Gasteiger partial charge in [0.15, 0.2) is 5.75 Å². The predicted molar refractivity (Wildman–Crippen MR) is 66.8 cm³/mol. The summed E-state index contributed by atoms with van der Waals surface area (Å²) in [5.41, 5.74) is 12.3. The Morgan fingerprint density at radius 3 is 2.31 bits per heavy atom. The second-order valence-corrected chi connectivity index (χ2v) is 3.70. The van der Waals surface area contributed by atoms with E-state index < -0.39 is 0 Å². The van der Waals surface area contributed by atoms with Crippen molar-refractivity contribution >= 4 is 23.0 Å². The highest BCUT2D eigenvalue weighted by Gasteiger charge is 2.10. The SMILES string of the molecule is Nc1ccc(Cl)c(Oc2ccccc2)c1N. The van der Waals surface area contributed by atoms with Crippen LogP contribution in [-0.4, -0.2) is 0 Å². The number of benzene rings is 2. The molecule has 16 heavy (non-hydrogen) atoms. The number of para-hydroxylation sites is 1. The average Bonchev–Trinajstić information content (AvgIpc) is 2.31. The molecule has 0 saturated carbocycles. The van der Waals surface area contributed by atoms with Crippen molar-refractivity contribution < 1.29 is 4.74 Å². The Morgan fingerprint density at radius 1 is 0.938 bits per heavy atom. The van der Waals surface area contributed by atoms with Gasteiger partial charge in [-0.05, 0) is 24.3 Å². The predicted octanol–water partition coefficient (Wildman–Crippen LogP) is 3.30. The number of hydrogen-bond acceptors (Lipinski definition) is 3. The summed E-state index contributed by atoms with van der Waals surface area (Å²) in [6.45, 7) is 0. The molecule has 4 N–H and O–H groups in total. The van der Waals surface area contributed by atoms with Crippen molar-refractivity contribution in [2.45, 2.75) is 0 Å². The van der Waals surface area contributed by atoms with Crippen LogP contribution in [0.25, 0.3) is 0 Å². The Bertz CT molecular complexity index is 500. The van der Waals surface area contributed by atoms with Crippen molar-refractivity contribution in [2.75, 3.05) is 11.5 Å². The number of halogens is 1. The lowest BCUT2D eigenvalue weighted by Crippen LogP contribution is -1.98. The zero-order chi connectivity index (χ0) is 11.5. The zero-order valence-corrected chi connectivity index (χ0v) is 9.24. The summed E-state index contributed by atoms with van der Waals surface area (Å²) in [5.74, 6) is 1.06. The second-order valence-electron chi connectivity index (χ2n) is 3.29. The third-order valence-corrected chi connectivity index (χ3v) is 2.44. The smallest absolute Gasteiger partial charge is 0.170 e. The molecule has 0 saturated heterocycles. The first-order valence-electron chi connectivity index (χ1n) is 4.75. The van der Waals surface area contributed by atoms with E-state index in [0.717, 1.165) is 0 Å². The monoisotopic (exact) mass is 234 g/mol. The van der Waals surface area contributed by atoms with E-state index in [1.807, 2.05) is 30.3 Å². The summed E-state index contributed by atoms with van der Waals surface area (Å²) in [6.07, 6.45) is 0. The Kier molecular flexibility index (Phi) is 2.88. The van der Waals surface area contributed by atoms with Crippen LogP contribution in [0.2, 0.25) is 5.02 Å². The van der Waals surface area contributed by atoms with Gasteiger partial charge < -0.3 is 16.2 Å². The van der Waals surface area contributed by atoms with Crippen molar-refractivity contribution in [1.29, 1.82) is 0 Å². The van der Waals surface area contributed by atoms with Crippen LogP contribution in [0.15, 0.2) is 42.5 Å². The standard InChI is InChI=1S/C12H11ClN2O/c13-9-6-7-10(14)11(15)12(9)16-8-4-2-1-3-5-8/h1-7H,14-15H2. The van der Waals surface area contributed by atoms with Gasteiger partial charge >= 0.3 is 0 Å². The molecule has 0 fully saturated rings. The van der Waals surface area contributed by atoms with E-state index in [9.17, 15) is 0 Å². The fraction of sp³-hybridized carbons (Fsp3) is 0. The molecule has 2 aromatic rings. The largest absolute Gasteiger partial charge is 0.454 e. The first-order chi connectivity index (χ1) is 7.68. The summed E-state index contributed by atoms with van der Waals surface area (Å²) in [5, 5.41) is 0.440. The molecule has 0 atom stereocenters. The van der Waals surface area contributed by atoms with Crippen LogP contribution >= 0.6 is 11.6 Å². The Hall–Kier alpha value is -1.87. The summed E-state index contributed by atoms with van der Waals surface area (Å²) in [7, 11) is 0. The van der Waals surface area contributed by atoms with E-state index >= 15 is 0 Å². The van der Waals surface area contributed by atoms with Crippen molar-refractivity contribution in [3.8, 4) is 11.5 Å². The lowest BCUT2D eigenvalue weighted by molar-refractivity contribution is 0.485. The minimum absolute atomic E-state index is 0.358. The third kappa shape index (κ3) is 2.04. The molecule has 0 bridgehead atoms. The summed E-state index contributed by atoms with van der Waals surface area (Å²) >= 11 is 5.99. The number of ether oxygens (including phenoxy) is 1. The average molecular weight is 235 g/mol. The van der Waals surface area contributed by atoms with Crippen LogP contribution in [0.1, 0.15) is 0 Å². The van der Waals surface area contributed by atoms with Crippen LogP contribution in [0.5, 0.6) is 11.5 Å². The van der Waals surface area contributed by atoms with Crippen LogP contribution < -0.4 is 16.2 Å². The van der Waals surface area contributed by atoms with E-state index in [1.54, 1.807) is 12.1 Å². The molecule has 3 nitrogen and oxygen atoms in total. The molecule has 0 aromatic heterocycles. The first kappa shape index (κ1) is 10.6. The van der Waals surface area contributed by atoms with Gasteiger partial charge in [0, 0.05) is 0 Å². The van der Waals surface area contributed by atoms with Gasteiger partial charge in [0.2, 0.25) is 0 Å². The molecule has 0 aliphatic rings. The van der Waals surface area contributed by atoms with Gasteiger partial charge in [-0.25, -0.2) is 0 Å². The first-order valence-corrected chi connectivity index (χ1v) is 5.12. The lowest BCUT2D eigenvalue weighted by atomic mass is 10.2. The van der Waals surface area contributed by atoms with Crippen molar-refractivity contribution in [2.24, 2.45) is 0 Å². The molecular formula is C12H11ClN2O. The van der Waals surface area contributed by atoms with Crippen LogP contribution in [0.3, 0.4) is 0 Å². The van der Waals surface area contributed by atoms with Crippen molar-refractivity contribution in [3.63, 3.8) is 0 Å². The molecule has 2 aromatic carbocycles. The van der Waals surface area contributed by atoms with Gasteiger partial charge in [-0.2, -0.15) is 0 Å². The number of nitrogens with two attached hydrogens (primary N) is 2. The van der Waals surface area contributed by atoms with Gasteiger partial charge in [-0.15, -0.1) is 0 Å².